The quantitative estimate of drug-likeness (QED) is 0.515. The maximum Gasteiger partial charge on any atom is 0.308 e. The van der Waals surface area contributed by atoms with Gasteiger partial charge in [-0.3, -0.25) is 4.79 Å². The average Bonchev–Trinajstić information content (AvgIpc) is 3.21. The predicted octanol–water partition coefficient (Wildman–Crippen LogP) is 4.32. The zero-order chi connectivity index (χ0) is 19.0. The molecule has 0 aliphatic rings. The van der Waals surface area contributed by atoms with E-state index in [4.69, 9.17) is 4.74 Å². The Hall–Kier alpha value is -2.35. The lowest BCUT2D eigenvalue weighted by Crippen LogP contribution is -2.19. The second-order valence-corrected chi connectivity index (χ2v) is 8.40. The Bertz CT molecular complexity index is 1180. The zero-order valence-electron chi connectivity index (χ0n) is 15.4. The van der Waals surface area contributed by atoms with Crippen molar-refractivity contribution in [1.82, 2.24) is 9.55 Å². The van der Waals surface area contributed by atoms with Crippen LogP contribution in [0.5, 0.6) is 0 Å². The molecular weight excluding hydrogens is 378 g/mol. The van der Waals surface area contributed by atoms with Crippen LogP contribution in [-0.2, 0) is 11.3 Å². The van der Waals surface area contributed by atoms with E-state index in [-0.39, 0.29) is 5.91 Å². The number of amides is 1. The number of carbonyl (C=O) groups excluding carboxylic acids is 1. The standard InChI is InChI=1S/C20H19N3O2S2/c1-12-10-13(2)17-16(11-12)27-20(23(17)8-9-25-3)22-18(24)19-21-14-6-4-5-7-15(14)26-19/h4-7,10-11H,8-9H2,1-3H3. The first kappa shape index (κ1) is 18.0. The van der Waals surface area contributed by atoms with Crippen LogP contribution in [0.3, 0.4) is 0 Å². The molecule has 27 heavy (non-hydrogen) atoms. The number of aryl methyl sites for hydroxylation is 2. The summed E-state index contributed by atoms with van der Waals surface area (Å²) in [5.41, 5.74) is 4.31. The summed E-state index contributed by atoms with van der Waals surface area (Å²) in [5, 5.41) is 0.417. The van der Waals surface area contributed by atoms with Crippen LogP contribution in [0.25, 0.3) is 20.4 Å². The minimum absolute atomic E-state index is 0.303. The van der Waals surface area contributed by atoms with Crippen molar-refractivity contribution in [2.45, 2.75) is 20.4 Å². The van der Waals surface area contributed by atoms with Gasteiger partial charge in [0.15, 0.2) is 9.81 Å². The lowest BCUT2D eigenvalue weighted by Gasteiger charge is -2.07. The predicted molar refractivity (Wildman–Crippen MR) is 111 cm³/mol. The maximum absolute atomic E-state index is 12.8. The molecule has 0 saturated heterocycles. The summed E-state index contributed by atoms with van der Waals surface area (Å²) in [7, 11) is 1.68. The number of hydrogen-bond acceptors (Lipinski definition) is 5. The molecule has 0 atom stereocenters. The Morgan fingerprint density at radius 3 is 2.78 bits per heavy atom. The molecule has 0 bridgehead atoms. The number of para-hydroxylation sites is 1. The first-order chi connectivity index (χ1) is 13.1. The van der Waals surface area contributed by atoms with Crippen LogP contribution >= 0.6 is 22.7 Å². The van der Waals surface area contributed by atoms with E-state index >= 15 is 0 Å². The van der Waals surface area contributed by atoms with Gasteiger partial charge in [0, 0.05) is 13.7 Å². The molecule has 0 aliphatic carbocycles. The van der Waals surface area contributed by atoms with Gasteiger partial charge >= 0.3 is 5.91 Å². The molecule has 5 nitrogen and oxygen atoms in total. The van der Waals surface area contributed by atoms with E-state index in [0.717, 1.165) is 20.4 Å². The number of benzene rings is 2. The van der Waals surface area contributed by atoms with E-state index in [1.165, 1.54) is 33.8 Å². The van der Waals surface area contributed by atoms with Crippen molar-refractivity contribution < 1.29 is 9.53 Å². The van der Waals surface area contributed by atoms with Gasteiger partial charge in [-0.1, -0.05) is 29.5 Å². The van der Waals surface area contributed by atoms with E-state index < -0.39 is 0 Å². The first-order valence-corrected chi connectivity index (χ1v) is 10.2. The Morgan fingerprint density at radius 2 is 2.00 bits per heavy atom. The summed E-state index contributed by atoms with van der Waals surface area (Å²) in [6.45, 7) is 5.37. The highest BCUT2D eigenvalue weighted by atomic mass is 32.1. The van der Waals surface area contributed by atoms with Crippen LogP contribution in [0.1, 0.15) is 20.9 Å². The van der Waals surface area contributed by atoms with E-state index in [0.29, 0.717) is 23.0 Å². The molecule has 7 heteroatoms. The van der Waals surface area contributed by atoms with Crippen LogP contribution in [0.15, 0.2) is 41.4 Å². The summed E-state index contributed by atoms with van der Waals surface area (Å²) >= 11 is 2.91. The number of nitrogens with zero attached hydrogens (tertiary/aromatic N) is 3. The van der Waals surface area contributed by atoms with Crippen LogP contribution in [0.4, 0.5) is 0 Å². The SMILES string of the molecule is COCCn1c(=NC(=O)c2nc3ccccc3s2)sc2cc(C)cc(C)c21. The van der Waals surface area contributed by atoms with Gasteiger partial charge in [-0.25, -0.2) is 4.98 Å². The molecule has 0 N–H and O–H groups in total. The van der Waals surface area contributed by atoms with Crippen molar-refractivity contribution in [3.8, 4) is 0 Å². The van der Waals surface area contributed by atoms with Crippen LogP contribution in [-0.4, -0.2) is 29.2 Å². The Morgan fingerprint density at radius 1 is 1.19 bits per heavy atom. The molecule has 4 aromatic rings. The fourth-order valence-corrected chi connectivity index (χ4v) is 5.25. The molecule has 4 rings (SSSR count). The van der Waals surface area contributed by atoms with E-state index in [1.54, 1.807) is 7.11 Å². The van der Waals surface area contributed by atoms with E-state index in [1.807, 2.05) is 24.3 Å². The number of hydrogen-bond donors (Lipinski definition) is 0. The lowest BCUT2D eigenvalue weighted by molar-refractivity contribution is 0.0997. The monoisotopic (exact) mass is 397 g/mol. The number of rotatable bonds is 4. The molecule has 138 valence electrons. The largest absolute Gasteiger partial charge is 0.383 e. The first-order valence-electron chi connectivity index (χ1n) is 8.61. The molecule has 2 heterocycles. The summed E-state index contributed by atoms with van der Waals surface area (Å²) in [6.07, 6.45) is 0. The normalized spacial score (nSPS) is 12.3. The van der Waals surface area contributed by atoms with Crippen LogP contribution in [0, 0.1) is 13.8 Å². The molecule has 0 radical (unpaired) electrons. The van der Waals surface area contributed by atoms with E-state index in [9.17, 15) is 4.79 Å². The number of thiazole rings is 2. The second kappa shape index (κ2) is 7.34. The molecule has 2 aromatic carbocycles. The third-order valence-electron chi connectivity index (χ3n) is 4.30. The van der Waals surface area contributed by atoms with Crippen molar-refractivity contribution in [3.63, 3.8) is 0 Å². The minimum atomic E-state index is -0.303. The van der Waals surface area contributed by atoms with E-state index in [2.05, 4.69) is 40.5 Å². The Labute approximate surface area is 164 Å². The highest BCUT2D eigenvalue weighted by Crippen LogP contribution is 2.24. The number of carbonyl (C=O) groups is 1. The van der Waals surface area contributed by atoms with Gasteiger partial charge in [0.2, 0.25) is 0 Å². The summed E-state index contributed by atoms with van der Waals surface area (Å²) in [4.78, 5) is 22.3. The zero-order valence-corrected chi connectivity index (χ0v) is 17.0. The van der Waals surface area contributed by atoms with Crippen molar-refractivity contribution in [2.75, 3.05) is 13.7 Å². The molecular formula is C20H19N3O2S2. The summed E-state index contributed by atoms with van der Waals surface area (Å²) in [5.74, 6) is -0.303. The molecule has 0 aliphatic heterocycles. The van der Waals surface area contributed by atoms with Crippen molar-refractivity contribution >= 4 is 49.0 Å². The van der Waals surface area contributed by atoms with Crippen LogP contribution in [0.2, 0.25) is 0 Å². The van der Waals surface area contributed by atoms with Gasteiger partial charge in [-0.2, -0.15) is 4.99 Å². The number of ether oxygens (including phenoxy) is 1. The second-order valence-electron chi connectivity index (χ2n) is 6.36. The topological polar surface area (TPSA) is 56.5 Å². The smallest absolute Gasteiger partial charge is 0.308 e. The molecule has 2 aromatic heterocycles. The van der Waals surface area contributed by atoms with Gasteiger partial charge in [0.05, 0.1) is 27.0 Å². The van der Waals surface area contributed by atoms with Crippen LogP contribution < -0.4 is 4.80 Å². The van der Waals surface area contributed by atoms with Crippen molar-refractivity contribution in [3.05, 3.63) is 57.3 Å². The number of fused-ring (bicyclic) bond motifs is 2. The number of methoxy groups -OCH3 is 1. The van der Waals surface area contributed by atoms with Gasteiger partial charge in [-0.15, -0.1) is 11.3 Å². The number of aromatic nitrogens is 2. The minimum Gasteiger partial charge on any atom is -0.383 e. The Balaban J connectivity index is 1.85. The van der Waals surface area contributed by atoms with Crippen molar-refractivity contribution in [2.24, 2.45) is 4.99 Å². The highest BCUT2D eigenvalue weighted by Gasteiger charge is 2.14. The summed E-state index contributed by atoms with van der Waals surface area (Å²) < 4.78 is 9.45. The fraction of sp³-hybridized carbons (Fsp3) is 0.250. The molecule has 0 fully saturated rings. The van der Waals surface area contributed by atoms with Gasteiger partial charge in [0.25, 0.3) is 0 Å². The van der Waals surface area contributed by atoms with Gasteiger partial charge in [0.1, 0.15) is 0 Å². The third-order valence-corrected chi connectivity index (χ3v) is 6.35. The molecule has 0 saturated carbocycles. The summed E-state index contributed by atoms with van der Waals surface area (Å²) in [6, 6.07) is 12.0. The molecule has 0 spiro atoms. The highest BCUT2D eigenvalue weighted by molar-refractivity contribution is 7.20. The average molecular weight is 398 g/mol. The Kier molecular flexibility index (Phi) is 4.90. The van der Waals surface area contributed by atoms with Gasteiger partial charge < -0.3 is 9.30 Å². The fourth-order valence-electron chi connectivity index (χ4n) is 3.17. The third kappa shape index (κ3) is 3.45. The molecule has 1 amide bonds. The lowest BCUT2D eigenvalue weighted by atomic mass is 10.1. The molecule has 0 unspecified atom stereocenters. The van der Waals surface area contributed by atoms with Crippen molar-refractivity contribution in [1.29, 1.82) is 0 Å². The maximum atomic E-state index is 12.8. The van der Waals surface area contributed by atoms with Gasteiger partial charge in [-0.05, 0) is 43.2 Å².